The number of sulfone groups is 1. The van der Waals surface area contributed by atoms with Gasteiger partial charge in [-0.25, -0.2) is 22.9 Å². The predicted molar refractivity (Wildman–Crippen MR) is 150 cm³/mol. The largest absolute Gasteiger partial charge is 0.493 e. The molecule has 0 aromatic carbocycles. The average Bonchev–Trinajstić information content (AvgIpc) is 3.61. The molecule has 5 heterocycles. The topological polar surface area (TPSA) is 122 Å². The lowest BCUT2D eigenvalue weighted by Gasteiger charge is -2.44. The number of thiazole rings is 1. The number of aromatic amines is 1. The van der Waals surface area contributed by atoms with Crippen molar-refractivity contribution in [2.75, 3.05) is 43.7 Å². The van der Waals surface area contributed by atoms with E-state index in [2.05, 4.69) is 52.7 Å². The zero-order valence-corrected chi connectivity index (χ0v) is 24.2. The van der Waals surface area contributed by atoms with Crippen LogP contribution in [0, 0.1) is 0 Å². The van der Waals surface area contributed by atoms with E-state index < -0.39 is 9.84 Å². The lowest BCUT2D eigenvalue weighted by atomic mass is 9.97. The molecule has 1 aliphatic heterocycles. The monoisotopic (exact) mass is 558 g/mol. The van der Waals surface area contributed by atoms with Crippen molar-refractivity contribution in [2.24, 2.45) is 0 Å². The van der Waals surface area contributed by atoms with Gasteiger partial charge in [-0.05, 0) is 25.8 Å². The van der Waals surface area contributed by atoms with Crippen LogP contribution in [0.3, 0.4) is 0 Å². The van der Waals surface area contributed by atoms with Gasteiger partial charge >= 0.3 is 0 Å². The first-order valence-corrected chi connectivity index (χ1v) is 15.5. The highest BCUT2D eigenvalue weighted by Crippen LogP contribution is 2.40. The number of methoxy groups -OCH3 is 1. The Morgan fingerprint density at radius 1 is 1.21 bits per heavy atom. The summed E-state index contributed by atoms with van der Waals surface area (Å²) >= 11 is 1.65. The number of hydrogen-bond donors (Lipinski definition) is 1. The van der Waals surface area contributed by atoms with Gasteiger partial charge in [0.1, 0.15) is 26.2 Å². The third-order valence-corrected chi connectivity index (χ3v) is 9.05. The van der Waals surface area contributed by atoms with E-state index in [1.807, 2.05) is 18.5 Å². The molecule has 1 saturated heterocycles. The minimum absolute atomic E-state index is 0.185. The van der Waals surface area contributed by atoms with E-state index in [1.165, 1.54) is 12.6 Å². The molecule has 204 valence electrons. The summed E-state index contributed by atoms with van der Waals surface area (Å²) < 4.78 is 30.6. The maximum atomic E-state index is 11.7. The molecule has 0 spiro atoms. The molecule has 2 atom stereocenters. The first kappa shape index (κ1) is 26.6. The molecule has 0 bridgehead atoms. The average molecular weight is 559 g/mol. The molecule has 11 nitrogen and oxygen atoms in total. The minimum Gasteiger partial charge on any atom is -0.493 e. The fourth-order valence-electron chi connectivity index (χ4n) is 5.09. The summed E-state index contributed by atoms with van der Waals surface area (Å²) in [6.45, 7) is 10.8. The summed E-state index contributed by atoms with van der Waals surface area (Å²) in [5.74, 6) is 1.01. The summed E-state index contributed by atoms with van der Waals surface area (Å²) in [4.78, 5) is 13.7. The number of aromatic nitrogens is 6. The van der Waals surface area contributed by atoms with E-state index in [0.717, 1.165) is 45.6 Å². The molecule has 13 heteroatoms. The van der Waals surface area contributed by atoms with Crippen LogP contribution in [0.25, 0.3) is 27.6 Å². The number of anilines is 1. The number of fused-ring (bicyclic) bond motifs is 1. The van der Waals surface area contributed by atoms with Crippen LogP contribution in [0.4, 0.5) is 5.00 Å². The van der Waals surface area contributed by atoms with Crippen molar-refractivity contribution in [3.8, 4) is 27.7 Å². The summed E-state index contributed by atoms with van der Waals surface area (Å²) in [5, 5.41) is 14.2. The Hall–Kier alpha value is -3.03. The second-order valence-corrected chi connectivity index (χ2v) is 13.6. The van der Waals surface area contributed by atoms with E-state index in [9.17, 15) is 8.42 Å². The number of pyridine rings is 1. The van der Waals surface area contributed by atoms with Crippen molar-refractivity contribution in [3.05, 3.63) is 30.4 Å². The molecular weight excluding hydrogens is 524 g/mol. The van der Waals surface area contributed by atoms with Crippen LogP contribution in [0.2, 0.25) is 0 Å². The smallest absolute Gasteiger partial charge is 0.197 e. The van der Waals surface area contributed by atoms with Crippen LogP contribution in [0.1, 0.15) is 39.2 Å². The Kier molecular flexibility index (Phi) is 7.18. The van der Waals surface area contributed by atoms with Crippen molar-refractivity contribution in [3.63, 3.8) is 0 Å². The van der Waals surface area contributed by atoms with Crippen LogP contribution >= 0.6 is 11.3 Å². The summed E-state index contributed by atoms with van der Waals surface area (Å²) in [5.41, 5.74) is 4.37. The van der Waals surface area contributed by atoms with Gasteiger partial charge < -0.3 is 9.64 Å². The lowest BCUT2D eigenvalue weighted by molar-refractivity contribution is 0.176. The van der Waals surface area contributed by atoms with Gasteiger partial charge in [-0.1, -0.05) is 25.2 Å². The van der Waals surface area contributed by atoms with Crippen molar-refractivity contribution >= 4 is 31.8 Å². The molecule has 0 amide bonds. The standard InChI is InChI=1S/C25H34N8O3S2/c1-15(2)21-22(18-9-19(36-5)24-27-14-28-33(24)13-18)29-30-23(21)25-26-10-20(37-25)32-12-16(3)31(11-17(32)4)7-8-38(6,34)35/h9-10,13-17H,7-8,11-12H2,1-6H3,(H,29,30)/t16-,17+/m0/s1. The zero-order valence-electron chi connectivity index (χ0n) is 22.5. The molecule has 1 fully saturated rings. The quantitative estimate of drug-likeness (QED) is 0.347. The molecule has 0 unspecified atom stereocenters. The van der Waals surface area contributed by atoms with Crippen LogP contribution in [0.15, 0.2) is 24.8 Å². The maximum absolute atomic E-state index is 11.7. The van der Waals surface area contributed by atoms with Gasteiger partial charge in [-0.15, -0.1) is 0 Å². The molecular formula is C25H34N8O3S2. The number of nitrogens with one attached hydrogen (secondary N) is 1. The molecule has 5 rings (SSSR count). The number of rotatable bonds is 8. The summed E-state index contributed by atoms with van der Waals surface area (Å²) in [7, 11) is -1.36. The first-order chi connectivity index (χ1) is 18.1. The lowest BCUT2D eigenvalue weighted by Crippen LogP contribution is -2.57. The maximum Gasteiger partial charge on any atom is 0.197 e. The second kappa shape index (κ2) is 10.3. The van der Waals surface area contributed by atoms with Gasteiger partial charge in [-0.2, -0.15) is 10.2 Å². The van der Waals surface area contributed by atoms with Gasteiger partial charge in [-0.3, -0.25) is 10.00 Å². The number of piperazine rings is 1. The zero-order chi connectivity index (χ0) is 27.2. The SMILES string of the molecule is COc1cc(-c2n[nH]c(-c3ncc(N4C[C@H](C)N(CCS(C)(=O)=O)C[C@H]4C)s3)c2C(C)C)cn2ncnc12. The second-order valence-electron chi connectivity index (χ2n) is 10.3. The number of H-pyrrole nitrogens is 1. The van der Waals surface area contributed by atoms with E-state index in [-0.39, 0.29) is 23.8 Å². The van der Waals surface area contributed by atoms with Crippen molar-refractivity contribution in [1.29, 1.82) is 0 Å². The Bertz CT molecular complexity index is 1540. The molecule has 4 aromatic rings. The number of ether oxygens (including phenoxy) is 1. The van der Waals surface area contributed by atoms with Crippen LogP contribution in [-0.4, -0.2) is 93.9 Å². The molecule has 0 saturated carbocycles. The number of hydrogen-bond acceptors (Lipinski definition) is 10. The van der Waals surface area contributed by atoms with Crippen molar-refractivity contribution in [2.45, 2.75) is 45.7 Å². The van der Waals surface area contributed by atoms with E-state index in [4.69, 9.17) is 14.8 Å². The van der Waals surface area contributed by atoms with Crippen molar-refractivity contribution in [1.82, 2.24) is 34.7 Å². The van der Waals surface area contributed by atoms with Gasteiger partial charge in [0.25, 0.3) is 0 Å². The summed E-state index contributed by atoms with van der Waals surface area (Å²) in [6, 6.07) is 2.42. The van der Waals surface area contributed by atoms with Gasteiger partial charge in [0, 0.05) is 55.3 Å². The molecule has 0 aliphatic carbocycles. The van der Waals surface area contributed by atoms with E-state index in [1.54, 1.807) is 23.0 Å². The highest BCUT2D eigenvalue weighted by molar-refractivity contribution is 7.90. The minimum atomic E-state index is -2.99. The van der Waals surface area contributed by atoms with Crippen LogP contribution < -0.4 is 9.64 Å². The normalized spacial score (nSPS) is 19.1. The first-order valence-electron chi connectivity index (χ1n) is 12.7. The Balaban J connectivity index is 1.42. The Labute approximate surface area is 226 Å². The third-order valence-electron chi connectivity index (χ3n) is 7.07. The fraction of sp³-hybridized carbons (Fsp3) is 0.520. The summed E-state index contributed by atoms with van der Waals surface area (Å²) in [6.07, 6.45) is 6.65. The number of nitrogens with zero attached hydrogens (tertiary/aromatic N) is 7. The van der Waals surface area contributed by atoms with E-state index in [0.29, 0.717) is 17.9 Å². The Morgan fingerprint density at radius 3 is 2.71 bits per heavy atom. The van der Waals surface area contributed by atoms with Gasteiger partial charge in [0.2, 0.25) is 0 Å². The predicted octanol–water partition coefficient (Wildman–Crippen LogP) is 3.32. The molecule has 1 aliphatic rings. The molecule has 4 aromatic heterocycles. The van der Waals surface area contributed by atoms with Gasteiger partial charge in [0.15, 0.2) is 11.4 Å². The molecule has 1 N–H and O–H groups in total. The highest BCUT2D eigenvalue weighted by atomic mass is 32.2. The van der Waals surface area contributed by atoms with Gasteiger partial charge in [0.05, 0.1) is 30.4 Å². The molecule has 38 heavy (non-hydrogen) atoms. The van der Waals surface area contributed by atoms with Crippen LogP contribution in [-0.2, 0) is 9.84 Å². The molecule has 0 radical (unpaired) electrons. The van der Waals surface area contributed by atoms with Crippen LogP contribution in [0.5, 0.6) is 5.75 Å². The third kappa shape index (κ3) is 5.14. The Morgan fingerprint density at radius 2 is 2.00 bits per heavy atom. The van der Waals surface area contributed by atoms with E-state index >= 15 is 0 Å². The highest BCUT2D eigenvalue weighted by Gasteiger charge is 2.31. The van der Waals surface area contributed by atoms with Crippen molar-refractivity contribution < 1.29 is 13.2 Å². The fourth-order valence-corrected chi connectivity index (χ4v) is 6.69.